The van der Waals surface area contributed by atoms with E-state index in [1.165, 1.54) is 19.4 Å². The molecule has 2 saturated heterocycles. The van der Waals surface area contributed by atoms with E-state index in [9.17, 15) is 8.42 Å². The number of rotatable bonds is 9. The number of nitrogens with zero attached hydrogens (tertiary/aromatic N) is 9. The summed E-state index contributed by atoms with van der Waals surface area (Å²) in [6, 6.07) is 7.94. The second-order valence-electron chi connectivity index (χ2n) is 11.5. The van der Waals surface area contributed by atoms with Gasteiger partial charge in [0.1, 0.15) is 27.7 Å². The number of benzene rings is 1. The van der Waals surface area contributed by atoms with Crippen LogP contribution in [-0.4, -0.2) is 116 Å². The Hall–Kier alpha value is -4.05. The summed E-state index contributed by atoms with van der Waals surface area (Å²) >= 11 is 6.50. The lowest BCUT2D eigenvalue weighted by atomic mass is 10.0. The second-order valence-corrected chi connectivity index (χ2v) is 14.0. The number of anilines is 6. The molecule has 0 radical (unpaired) electrons. The van der Waals surface area contributed by atoms with Crippen molar-refractivity contribution in [3.05, 3.63) is 47.9 Å². The summed E-state index contributed by atoms with van der Waals surface area (Å²) in [5.74, 6) is 1.78. The smallest absolute Gasteiger partial charge is 0.239 e. The summed E-state index contributed by atoms with van der Waals surface area (Å²) < 4.78 is 31.9. The standard InChI is InChI=1S/C30H38ClN11O3S/c1-39-15-17-41(18-16-39)20-9-13-42(14-10-20)25-8-7-24(29(37-25)45-3)36-30-34-19-21(31)28(38-30)35-23-6-5-22-26(33-12-11-32-22)27(23)40(2)46(4,43)44/h5-8,11-12,19-20H,9-10,13-18H2,1-4H3,(H2,34,35,36,38). The molecule has 2 aliphatic rings. The number of methoxy groups -OCH3 is 1. The third kappa shape index (κ3) is 6.87. The molecule has 2 N–H and O–H groups in total. The molecule has 3 aromatic heterocycles. The van der Waals surface area contributed by atoms with Crippen molar-refractivity contribution in [2.75, 3.05) is 86.6 Å². The zero-order valence-corrected chi connectivity index (χ0v) is 27.9. The van der Waals surface area contributed by atoms with E-state index in [0.717, 1.165) is 68.5 Å². The van der Waals surface area contributed by atoms with Gasteiger partial charge in [-0.1, -0.05) is 11.6 Å². The number of hydrogen-bond donors (Lipinski definition) is 2. The van der Waals surface area contributed by atoms with Gasteiger partial charge in [-0.3, -0.25) is 19.2 Å². The van der Waals surface area contributed by atoms with E-state index in [2.05, 4.69) is 52.3 Å². The van der Waals surface area contributed by atoms with Crippen molar-refractivity contribution in [1.82, 2.24) is 34.7 Å². The minimum atomic E-state index is -3.63. The quantitative estimate of drug-likeness (QED) is 0.269. The molecule has 46 heavy (non-hydrogen) atoms. The van der Waals surface area contributed by atoms with E-state index in [1.54, 1.807) is 25.4 Å². The summed E-state index contributed by atoms with van der Waals surface area (Å²) in [5.41, 5.74) is 2.27. The minimum Gasteiger partial charge on any atom is -0.479 e. The van der Waals surface area contributed by atoms with Gasteiger partial charge in [0.25, 0.3) is 0 Å². The second kappa shape index (κ2) is 13.4. The number of piperidine rings is 1. The highest BCUT2D eigenvalue weighted by Crippen LogP contribution is 2.37. The Balaban J connectivity index is 1.19. The third-order valence-corrected chi connectivity index (χ3v) is 10.0. The fourth-order valence-electron chi connectivity index (χ4n) is 5.88. The average molecular weight is 668 g/mol. The van der Waals surface area contributed by atoms with E-state index < -0.39 is 10.0 Å². The Morgan fingerprint density at radius 2 is 1.65 bits per heavy atom. The van der Waals surface area contributed by atoms with Crippen molar-refractivity contribution in [2.24, 2.45) is 0 Å². The van der Waals surface area contributed by atoms with Crippen LogP contribution in [0, 0.1) is 0 Å². The number of hydrogen-bond acceptors (Lipinski definition) is 13. The van der Waals surface area contributed by atoms with Crippen LogP contribution in [0.15, 0.2) is 42.9 Å². The number of sulfonamides is 1. The third-order valence-electron chi connectivity index (χ3n) is 8.55. The number of fused-ring (bicyclic) bond motifs is 1. The molecule has 0 aliphatic carbocycles. The summed E-state index contributed by atoms with van der Waals surface area (Å²) in [5, 5.41) is 6.59. The first-order valence-corrected chi connectivity index (χ1v) is 17.3. The van der Waals surface area contributed by atoms with E-state index >= 15 is 0 Å². The van der Waals surface area contributed by atoms with E-state index in [0.29, 0.717) is 40.0 Å². The number of ether oxygens (including phenoxy) is 1. The molecule has 2 fully saturated rings. The van der Waals surface area contributed by atoms with Crippen LogP contribution in [0.1, 0.15) is 12.8 Å². The zero-order valence-electron chi connectivity index (χ0n) is 26.3. The molecule has 0 saturated carbocycles. The van der Waals surface area contributed by atoms with Gasteiger partial charge in [-0.2, -0.15) is 9.97 Å². The van der Waals surface area contributed by atoms with Gasteiger partial charge in [0.2, 0.25) is 21.9 Å². The van der Waals surface area contributed by atoms with Gasteiger partial charge in [0.15, 0.2) is 5.82 Å². The Kier molecular flexibility index (Phi) is 9.27. The Bertz CT molecular complexity index is 1810. The molecule has 14 nitrogen and oxygen atoms in total. The summed E-state index contributed by atoms with van der Waals surface area (Å²) in [4.78, 5) is 29.7. The number of nitrogens with one attached hydrogen (secondary N) is 2. The molecule has 5 heterocycles. The first-order chi connectivity index (χ1) is 22.1. The Morgan fingerprint density at radius 1 is 0.935 bits per heavy atom. The Morgan fingerprint density at radius 3 is 2.37 bits per heavy atom. The molecule has 0 amide bonds. The maximum Gasteiger partial charge on any atom is 0.239 e. The molecule has 0 atom stereocenters. The Labute approximate surface area is 273 Å². The van der Waals surface area contributed by atoms with Crippen LogP contribution in [0.3, 0.4) is 0 Å². The largest absolute Gasteiger partial charge is 0.479 e. The van der Waals surface area contributed by atoms with Crippen molar-refractivity contribution in [2.45, 2.75) is 18.9 Å². The normalized spacial score (nSPS) is 16.8. The van der Waals surface area contributed by atoms with Crippen molar-refractivity contribution in [3.63, 3.8) is 0 Å². The molecule has 1 aromatic carbocycles. The van der Waals surface area contributed by atoms with Crippen LogP contribution in [0.25, 0.3) is 11.0 Å². The summed E-state index contributed by atoms with van der Waals surface area (Å²) in [6.45, 7) is 6.39. The van der Waals surface area contributed by atoms with Gasteiger partial charge in [-0.05, 0) is 44.2 Å². The zero-order chi connectivity index (χ0) is 32.4. The van der Waals surface area contributed by atoms with E-state index in [-0.39, 0.29) is 16.8 Å². The van der Waals surface area contributed by atoms with Gasteiger partial charge in [-0.15, -0.1) is 0 Å². The topological polar surface area (TPSA) is 145 Å². The molecule has 6 rings (SSSR count). The predicted octanol–water partition coefficient (Wildman–Crippen LogP) is 3.58. The fraction of sp³-hybridized carbons (Fsp3) is 0.433. The molecule has 4 aromatic rings. The van der Waals surface area contributed by atoms with Gasteiger partial charge in [0, 0.05) is 64.8 Å². The van der Waals surface area contributed by atoms with Crippen LogP contribution in [0.5, 0.6) is 5.88 Å². The highest BCUT2D eigenvalue weighted by Gasteiger charge is 2.28. The van der Waals surface area contributed by atoms with E-state index in [1.807, 2.05) is 12.1 Å². The predicted molar refractivity (Wildman–Crippen MR) is 181 cm³/mol. The summed E-state index contributed by atoms with van der Waals surface area (Å²) in [7, 11) is 1.59. The van der Waals surface area contributed by atoms with Gasteiger partial charge in [0.05, 0.1) is 30.8 Å². The van der Waals surface area contributed by atoms with Crippen molar-refractivity contribution in [1.29, 1.82) is 0 Å². The maximum atomic E-state index is 12.5. The molecule has 0 spiro atoms. The number of aromatic nitrogens is 5. The maximum absolute atomic E-state index is 12.5. The lowest BCUT2D eigenvalue weighted by Gasteiger charge is -2.42. The number of piperazine rings is 1. The molecule has 2 aliphatic heterocycles. The first-order valence-electron chi connectivity index (χ1n) is 15.1. The van der Waals surface area contributed by atoms with Crippen molar-refractivity contribution in [3.8, 4) is 5.88 Å². The molecule has 0 bridgehead atoms. The average Bonchev–Trinajstić information content (AvgIpc) is 3.06. The molecular formula is C30H38ClN11O3S. The minimum absolute atomic E-state index is 0.234. The highest BCUT2D eigenvalue weighted by atomic mass is 35.5. The SMILES string of the molecule is COc1nc(N2CCC(N3CCN(C)CC3)CC2)ccc1Nc1ncc(Cl)c(Nc2ccc3nccnc3c2N(C)S(C)(=O)=O)n1. The first kappa shape index (κ1) is 31.9. The summed E-state index contributed by atoms with van der Waals surface area (Å²) in [6.07, 6.45) is 7.84. The van der Waals surface area contributed by atoms with Crippen LogP contribution in [0.2, 0.25) is 5.02 Å². The lowest BCUT2D eigenvalue weighted by Crippen LogP contribution is -2.52. The van der Waals surface area contributed by atoms with Crippen LogP contribution in [0.4, 0.5) is 34.6 Å². The molecular weight excluding hydrogens is 630 g/mol. The van der Waals surface area contributed by atoms with Crippen LogP contribution < -0.4 is 24.6 Å². The highest BCUT2D eigenvalue weighted by molar-refractivity contribution is 7.92. The number of likely N-dealkylation sites (N-methyl/N-ethyl adjacent to an activating group) is 1. The van der Waals surface area contributed by atoms with Gasteiger partial charge >= 0.3 is 0 Å². The fourth-order valence-corrected chi connectivity index (χ4v) is 6.53. The van der Waals surface area contributed by atoms with Crippen LogP contribution >= 0.6 is 11.6 Å². The molecule has 244 valence electrons. The molecule has 0 unspecified atom stereocenters. The van der Waals surface area contributed by atoms with E-state index in [4.69, 9.17) is 21.3 Å². The number of pyridine rings is 1. The van der Waals surface area contributed by atoms with Gasteiger partial charge < -0.3 is 25.2 Å². The number of halogens is 1. The molecule has 16 heteroatoms. The monoisotopic (exact) mass is 667 g/mol. The van der Waals surface area contributed by atoms with Crippen molar-refractivity contribution < 1.29 is 13.2 Å². The van der Waals surface area contributed by atoms with Gasteiger partial charge in [-0.25, -0.2) is 13.4 Å². The van der Waals surface area contributed by atoms with Crippen molar-refractivity contribution >= 4 is 67.3 Å². The van der Waals surface area contributed by atoms with Crippen LogP contribution in [-0.2, 0) is 10.0 Å². The lowest BCUT2D eigenvalue weighted by molar-refractivity contribution is 0.0981.